The molecule has 0 unspecified atom stereocenters. The molecule has 3 aromatic rings. The molecular weight excluding hydrogens is 419 g/mol. The van der Waals surface area contributed by atoms with Crippen LogP contribution in [0.1, 0.15) is 65.3 Å². The lowest BCUT2D eigenvalue weighted by molar-refractivity contribution is -0.121. The highest BCUT2D eigenvalue weighted by Crippen LogP contribution is 2.42. The highest BCUT2D eigenvalue weighted by atomic mass is 19.1. The number of aromatic amines is 1. The quantitative estimate of drug-likeness (QED) is 0.577. The summed E-state index contributed by atoms with van der Waals surface area (Å²) in [6.07, 6.45) is 1.51. The summed E-state index contributed by atoms with van der Waals surface area (Å²) in [4.78, 5) is 28.9. The molecule has 4 rings (SSSR count). The van der Waals surface area contributed by atoms with Crippen LogP contribution in [0, 0.1) is 19.7 Å². The number of nitrogens with zero attached hydrogens (tertiary/aromatic N) is 2. The molecule has 2 N–H and O–H groups in total. The number of aromatic nitrogens is 2. The molecule has 0 saturated carbocycles. The Labute approximate surface area is 193 Å². The van der Waals surface area contributed by atoms with E-state index in [9.17, 15) is 14.0 Å². The SMILES string of the molecule is CCC(CC)N1C(=O)[C@@H](NC(=O)c2cccc(C)c2)[C@@H](c2ccc(F)cc2)c2c1n[nH]c2C. The number of benzene rings is 2. The Bertz CT molecular complexity index is 1170. The monoisotopic (exact) mass is 448 g/mol. The number of carbonyl (C=O) groups excluding carboxylic acids is 2. The van der Waals surface area contributed by atoms with Crippen LogP contribution in [0.25, 0.3) is 0 Å². The van der Waals surface area contributed by atoms with Gasteiger partial charge in [-0.05, 0) is 56.5 Å². The van der Waals surface area contributed by atoms with Crippen LogP contribution in [-0.4, -0.2) is 34.1 Å². The van der Waals surface area contributed by atoms with Crippen molar-refractivity contribution in [3.8, 4) is 0 Å². The third kappa shape index (κ3) is 4.15. The van der Waals surface area contributed by atoms with Gasteiger partial charge in [-0.1, -0.05) is 43.7 Å². The zero-order valence-electron chi connectivity index (χ0n) is 19.4. The second-order valence-electron chi connectivity index (χ2n) is 8.61. The summed E-state index contributed by atoms with van der Waals surface area (Å²) < 4.78 is 13.7. The minimum atomic E-state index is -0.854. The molecular formula is C26H29FN4O2. The van der Waals surface area contributed by atoms with Gasteiger partial charge in [0.05, 0.1) is 0 Å². The summed E-state index contributed by atoms with van der Waals surface area (Å²) in [6.45, 7) is 7.89. The van der Waals surface area contributed by atoms with Gasteiger partial charge in [-0.3, -0.25) is 19.6 Å². The van der Waals surface area contributed by atoms with Crippen molar-refractivity contribution in [2.24, 2.45) is 0 Å². The van der Waals surface area contributed by atoms with E-state index in [2.05, 4.69) is 15.5 Å². The van der Waals surface area contributed by atoms with Crippen molar-refractivity contribution in [3.63, 3.8) is 0 Å². The first-order chi connectivity index (χ1) is 15.8. The maximum absolute atomic E-state index is 13.9. The largest absolute Gasteiger partial charge is 0.339 e. The fourth-order valence-electron chi connectivity index (χ4n) is 4.74. The van der Waals surface area contributed by atoms with Crippen LogP contribution in [0.2, 0.25) is 0 Å². The van der Waals surface area contributed by atoms with Gasteiger partial charge in [-0.2, -0.15) is 5.10 Å². The van der Waals surface area contributed by atoms with Crippen molar-refractivity contribution in [3.05, 3.63) is 82.3 Å². The minimum absolute atomic E-state index is 0.0495. The van der Waals surface area contributed by atoms with Crippen molar-refractivity contribution in [1.29, 1.82) is 0 Å². The Hall–Kier alpha value is -3.48. The van der Waals surface area contributed by atoms with Crippen LogP contribution in [0.3, 0.4) is 0 Å². The molecule has 7 heteroatoms. The Morgan fingerprint density at radius 3 is 2.48 bits per heavy atom. The first-order valence-electron chi connectivity index (χ1n) is 11.4. The van der Waals surface area contributed by atoms with E-state index in [0.29, 0.717) is 11.4 Å². The summed E-state index contributed by atoms with van der Waals surface area (Å²) in [5.41, 5.74) is 3.86. The van der Waals surface area contributed by atoms with Crippen molar-refractivity contribution in [2.75, 3.05) is 4.90 Å². The molecule has 0 saturated heterocycles. The number of rotatable bonds is 6. The number of fused-ring (bicyclic) bond motifs is 1. The van der Waals surface area contributed by atoms with Gasteiger partial charge in [0.15, 0.2) is 5.82 Å². The highest BCUT2D eigenvalue weighted by Gasteiger charge is 2.46. The Morgan fingerprint density at radius 2 is 1.85 bits per heavy atom. The number of amides is 2. The molecule has 2 amide bonds. The minimum Gasteiger partial charge on any atom is -0.339 e. The van der Waals surface area contributed by atoms with E-state index in [-0.39, 0.29) is 23.7 Å². The number of anilines is 1. The lowest BCUT2D eigenvalue weighted by Gasteiger charge is -2.41. The summed E-state index contributed by atoms with van der Waals surface area (Å²) in [7, 11) is 0. The lowest BCUT2D eigenvalue weighted by Crippen LogP contribution is -2.57. The van der Waals surface area contributed by atoms with Crippen molar-refractivity contribution in [2.45, 2.75) is 58.5 Å². The number of carbonyl (C=O) groups is 2. The van der Waals surface area contributed by atoms with Gasteiger partial charge in [-0.15, -0.1) is 0 Å². The normalized spacial score (nSPS) is 17.9. The van der Waals surface area contributed by atoms with Crippen molar-refractivity contribution < 1.29 is 14.0 Å². The molecule has 0 bridgehead atoms. The van der Waals surface area contributed by atoms with E-state index in [1.165, 1.54) is 12.1 Å². The summed E-state index contributed by atoms with van der Waals surface area (Å²) in [5.74, 6) is -0.798. The molecule has 2 atom stereocenters. The van der Waals surface area contributed by atoms with Gasteiger partial charge >= 0.3 is 0 Å². The first kappa shape index (κ1) is 22.7. The topological polar surface area (TPSA) is 78.1 Å². The van der Waals surface area contributed by atoms with Crippen LogP contribution >= 0.6 is 0 Å². The second kappa shape index (κ2) is 9.17. The predicted molar refractivity (Wildman–Crippen MR) is 126 cm³/mol. The van der Waals surface area contributed by atoms with Crippen LogP contribution in [-0.2, 0) is 4.79 Å². The van der Waals surface area contributed by atoms with E-state index in [1.54, 1.807) is 29.2 Å². The van der Waals surface area contributed by atoms with Crippen LogP contribution in [0.4, 0.5) is 10.2 Å². The van der Waals surface area contributed by atoms with Crippen LogP contribution < -0.4 is 10.2 Å². The summed E-state index contributed by atoms with van der Waals surface area (Å²) in [6, 6.07) is 12.4. The Balaban J connectivity index is 1.85. The summed E-state index contributed by atoms with van der Waals surface area (Å²) >= 11 is 0. The number of nitrogens with one attached hydrogen (secondary N) is 2. The maximum atomic E-state index is 13.9. The number of halogens is 1. The van der Waals surface area contributed by atoms with Gasteiger partial charge in [0.2, 0.25) is 0 Å². The van der Waals surface area contributed by atoms with Gasteiger partial charge in [0, 0.05) is 28.8 Å². The van der Waals surface area contributed by atoms with Gasteiger partial charge < -0.3 is 5.32 Å². The van der Waals surface area contributed by atoms with Crippen LogP contribution in [0.15, 0.2) is 48.5 Å². The number of H-pyrrole nitrogens is 1. The second-order valence-corrected chi connectivity index (χ2v) is 8.61. The first-order valence-corrected chi connectivity index (χ1v) is 11.4. The zero-order chi connectivity index (χ0) is 23.7. The third-order valence-corrected chi connectivity index (χ3v) is 6.45. The molecule has 2 heterocycles. The number of hydrogen-bond donors (Lipinski definition) is 2. The standard InChI is InChI=1S/C26H29FN4O2/c1-5-20(6-2)31-24-21(16(4)29-30-24)22(17-10-12-19(27)13-11-17)23(26(31)33)28-25(32)18-9-7-8-15(3)14-18/h7-14,20,22-23H,5-6H2,1-4H3,(H,28,32)(H,29,30)/t22-,23-/m0/s1. The molecule has 2 aromatic carbocycles. The van der Waals surface area contributed by atoms with E-state index < -0.39 is 12.0 Å². The Morgan fingerprint density at radius 1 is 1.15 bits per heavy atom. The number of aryl methyl sites for hydroxylation is 2. The van der Waals surface area contributed by atoms with Gasteiger partial charge in [0.25, 0.3) is 11.8 Å². The average Bonchev–Trinajstić information content (AvgIpc) is 3.18. The number of hydrogen-bond acceptors (Lipinski definition) is 3. The fourth-order valence-corrected chi connectivity index (χ4v) is 4.74. The van der Waals surface area contributed by atoms with Gasteiger partial charge in [-0.25, -0.2) is 4.39 Å². The molecule has 1 aliphatic heterocycles. The van der Waals surface area contributed by atoms with Crippen molar-refractivity contribution in [1.82, 2.24) is 15.5 Å². The van der Waals surface area contributed by atoms with Gasteiger partial charge in [0.1, 0.15) is 11.9 Å². The maximum Gasteiger partial charge on any atom is 0.252 e. The van der Waals surface area contributed by atoms with Crippen LogP contribution in [0.5, 0.6) is 0 Å². The Kier molecular flexibility index (Phi) is 6.31. The zero-order valence-corrected chi connectivity index (χ0v) is 19.4. The van der Waals surface area contributed by atoms with E-state index in [4.69, 9.17) is 0 Å². The molecule has 0 fully saturated rings. The third-order valence-electron chi connectivity index (χ3n) is 6.45. The molecule has 33 heavy (non-hydrogen) atoms. The predicted octanol–water partition coefficient (Wildman–Crippen LogP) is 4.63. The fraction of sp³-hybridized carbons (Fsp3) is 0.346. The van der Waals surface area contributed by atoms with E-state index in [1.807, 2.05) is 39.8 Å². The molecule has 172 valence electrons. The molecule has 0 spiro atoms. The molecule has 6 nitrogen and oxygen atoms in total. The summed E-state index contributed by atoms with van der Waals surface area (Å²) in [5, 5.41) is 10.5. The molecule has 1 aliphatic rings. The molecule has 1 aromatic heterocycles. The van der Waals surface area contributed by atoms with E-state index >= 15 is 0 Å². The van der Waals surface area contributed by atoms with Crippen molar-refractivity contribution >= 4 is 17.6 Å². The molecule has 0 aliphatic carbocycles. The smallest absolute Gasteiger partial charge is 0.252 e. The average molecular weight is 449 g/mol. The molecule has 0 radical (unpaired) electrons. The van der Waals surface area contributed by atoms with E-state index in [0.717, 1.165) is 35.2 Å². The lowest BCUT2D eigenvalue weighted by atomic mass is 9.80. The highest BCUT2D eigenvalue weighted by molar-refractivity contribution is 6.05.